The Morgan fingerprint density at radius 1 is 1.57 bits per heavy atom. The molecule has 0 aliphatic carbocycles. The maximum Gasteiger partial charge on any atom is 0.119 e. The van der Waals surface area contributed by atoms with Gasteiger partial charge in [0.1, 0.15) is 5.75 Å². The first-order valence-electron chi connectivity index (χ1n) is 5.05. The lowest BCUT2D eigenvalue weighted by Gasteiger charge is -2.08. The van der Waals surface area contributed by atoms with E-state index < -0.39 is 0 Å². The lowest BCUT2D eigenvalue weighted by molar-refractivity contribution is 0.340. The summed E-state index contributed by atoms with van der Waals surface area (Å²) in [7, 11) is 0. The van der Waals surface area contributed by atoms with Crippen LogP contribution in [0.25, 0.3) is 0 Å². The zero-order chi connectivity index (χ0) is 9.97. The maximum atomic E-state index is 5.69. The number of benzene rings is 1. The van der Waals surface area contributed by atoms with Crippen LogP contribution >= 0.6 is 0 Å². The second-order valence-electron chi connectivity index (χ2n) is 3.50. The number of fused-ring (bicyclic) bond motifs is 1. The Balaban J connectivity index is 2.28. The van der Waals surface area contributed by atoms with Gasteiger partial charge >= 0.3 is 0 Å². The van der Waals surface area contributed by atoms with Crippen molar-refractivity contribution >= 4 is 5.69 Å². The SMILES string of the molecule is CCOc1ccc2c(c1)C(CN)CN2. The van der Waals surface area contributed by atoms with Gasteiger partial charge in [-0.2, -0.15) is 0 Å². The third-order valence-electron chi connectivity index (χ3n) is 2.60. The van der Waals surface area contributed by atoms with Crippen molar-refractivity contribution in [2.24, 2.45) is 5.73 Å². The second kappa shape index (κ2) is 3.88. The van der Waals surface area contributed by atoms with E-state index in [1.165, 1.54) is 11.3 Å². The first-order valence-corrected chi connectivity index (χ1v) is 5.05. The van der Waals surface area contributed by atoms with Gasteiger partial charge in [-0.25, -0.2) is 0 Å². The van der Waals surface area contributed by atoms with Gasteiger partial charge in [0.15, 0.2) is 0 Å². The van der Waals surface area contributed by atoms with Gasteiger partial charge in [0.25, 0.3) is 0 Å². The molecule has 0 radical (unpaired) electrons. The van der Waals surface area contributed by atoms with Crippen LogP contribution in [0.3, 0.4) is 0 Å². The molecule has 0 amide bonds. The largest absolute Gasteiger partial charge is 0.494 e. The van der Waals surface area contributed by atoms with E-state index in [4.69, 9.17) is 10.5 Å². The summed E-state index contributed by atoms with van der Waals surface area (Å²) in [4.78, 5) is 0. The molecule has 1 aliphatic rings. The van der Waals surface area contributed by atoms with E-state index in [1.807, 2.05) is 13.0 Å². The molecule has 1 aromatic carbocycles. The monoisotopic (exact) mass is 192 g/mol. The summed E-state index contributed by atoms with van der Waals surface area (Å²) >= 11 is 0. The predicted molar refractivity (Wildman–Crippen MR) is 57.9 cm³/mol. The molecule has 1 unspecified atom stereocenters. The van der Waals surface area contributed by atoms with Gasteiger partial charge < -0.3 is 15.8 Å². The van der Waals surface area contributed by atoms with Crippen molar-refractivity contribution < 1.29 is 4.74 Å². The van der Waals surface area contributed by atoms with Gasteiger partial charge in [0, 0.05) is 24.7 Å². The topological polar surface area (TPSA) is 47.3 Å². The minimum Gasteiger partial charge on any atom is -0.494 e. The Kier molecular flexibility index (Phi) is 2.59. The molecule has 2 rings (SSSR count). The number of nitrogens with two attached hydrogens (primary N) is 1. The number of hydrogen-bond donors (Lipinski definition) is 2. The van der Waals surface area contributed by atoms with Crippen LogP contribution in [0.5, 0.6) is 5.75 Å². The Hall–Kier alpha value is -1.22. The van der Waals surface area contributed by atoms with E-state index in [1.54, 1.807) is 0 Å². The molecule has 3 nitrogen and oxygen atoms in total. The summed E-state index contributed by atoms with van der Waals surface area (Å²) in [6, 6.07) is 6.15. The molecular formula is C11H16N2O. The number of hydrogen-bond acceptors (Lipinski definition) is 3. The lowest BCUT2D eigenvalue weighted by atomic mass is 10.0. The summed E-state index contributed by atoms with van der Waals surface area (Å²) in [5, 5.41) is 3.33. The van der Waals surface area contributed by atoms with Crippen molar-refractivity contribution in [2.75, 3.05) is 25.0 Å². The zero-order valence-corrected chi connectivity index (χ0v) is 8.42. The molecule has 3 N–H and O–H groups in total. The van der Waals surface area contributed by atoms with Crippen LogP contribution in [0, 0.1) is 0 Å². The smallest absolute Gasteiger partial charge is 0.119 e. The quantitative estimate of drug-likeness (QED) is 0.764. The van der Waals surface area contributed by atoms with Gasteiger partial charge in [-0.05, 0) is 30.7 Å². The van der Waals surface area contributed by atoms with Crippen LogP contribution in [-0.2, 0) is 0 Å². The first kappa shape index (κ1) is 9.34. The third-order valence-corrected chi connectivity index (χ3v) is 2.60. The maximum absolute atomic E-state index is 5.69. The summed E-state index contributed by atoms with van der Waals surface area (Å²) in [6.07, 6.45) is 0. The number of nitrogens with one attached hydrogen (secondary N) is 1. The molecule has 1 aliphatic heterocycles. The van der Waals surface area contributed by atoms with Gasteiger partial charge in [-0.15, -0.1) is 0 Å². The van der Waals surface area contributed by atoms with E-state index in [0.29, 0.717) is 19.1 Å². The minimum absolute atomic E-state index is 0.436. The van der Waals surface area contributed by atoms with Crippen LogP contribution in [0.15, 0.2) is 18.2 Å². The van der Waals surface area contributed by atoms with Crippen molar-refractivity contribution in [2.45, 2.75) is 12.8 Å². The fourth-order valence-electron chi connectivity index (χ4n) is 1.85. The Bertz CT molecular complexity index is 325. The number of rotatable bonds is 3. The predicted octanol–water partition coefficient (Wildman–Crippen LogP) is 1.55. The average molecular weight is 192 g/mol. The highest BCUT2D eigenvalue weighted by Gasteiger charge is 2.20. The van der Waals surface area contributed by atoms with Gasteiger partial charge in [0.2, 0.25) is 0 Å². The van der Waals surface area contributed by atoms with Crippen LogP contribution in [0.2, 0.25) is 0 Å². The molecule has 1 atom stereocenters. The van der Waals surface area contributed by atoms with E-state index >= 15 is 0 Å². The van der Waals surface area contributed by atoms with Gasteiger partial charge in [0.05, 0.1) is 6.61 Å². The van der Waals surface area contributed by atoms with Crippen molar-refractivity contribution in [3.63, 3.8) is 0 Å². The number of anilines is 1. The molecule has 0 fully saturated rings. The Labute approximate surface area is 84.3 Å². The molecule has 0 spiro atoms. The van der Waals surface area contributed by atoms with Crippen molar-refractivity contribution in [1.82, 2.24) is 0 Å². The Morgan fingerprint density at radius 3 is 3.14 bits per heavy atom. The van der Waals surface area contributed by atoms with E-state index in [2.05, 4.69) is 17.4 Å². The van der Waals surface area contributed by atoms with Gasteiger partial charge in [-0.3, -0.25) is 0 Å². The molecule has 3 heteroatoms. The first-order chi connectivity index (χ1) is 6.85. The fraction of sp³-hybridized carbons (Fsp3) is 0.455. The molecule has 1 heterocycles. The average Bonchev–Trinajstić information content (AvgIpc) is 2.60. The van der Waals surface area contributed by atoms with Crippen LogP contribution < -0.4 is 15.8 Å². The lowest BCUT2D eigenvalue weighted by Crippen LogP contribution is -2.13. The minimum atomic E-state index is 0.436. The standard InChI is InChI=1S/C11H16N2O/c1-2-14-9-3-4-11-10(5-9)8(6-12)7-13-11/h3-5,8,13H,2,6-7,12H2,1H3. The molecule has 0 aromatic heterocycles. The van der Waals surface area contributed by atoms with Crippen molar-refractivity contribution in [1.29, 1.82) is 0 Å². The van der Waals surface area contributed by atoms with Gasteiger partial charge in [-0.1, -0.05) is 0 Å². The van der Waals surface area contributed by atoms with E-state index in [9.17, 15) is 0 Å². The highest BCUT2D eigenvalue weighted by atomic mass is 16.5. The molecule has 76 valence electrons. The summed E-state index contributed by atoms with van der Waals surface area (Å²) in [6.45, 7) is 4.34. The molecule has 14 heavy (non-hydrogen) atoms. The molecular weight excluding hydrogens is 176 g/mol. The number of ether oxygens (including phenoxy) is 1. The highest BCUT2D eigenvalue weighted by Crippen LogP contribution is 2.33. The molecule has 1 aromatic rings. The van der Waals surface area contributed by atoms with E-state index in [-0.39, 0.29) is 0 Å². The van der Waals surface area contributed by atoms with Crippen molar-refractivity contribution in [3.8, 4) is 5.75 Å². The van der Waals surface area contributed by atoms with E-state index in [0.717, 1.165) is 12.3 Å². The van der Waals surface area contributed by atoms with Crippen LogP contribution in [-0.4, -0.2) is 19.7 Å². The van der Waals surface area contributed by atoms with Crippen LogP contribution in [0.4, 0.5) is 5.69 Å². The normalized spacial score (nSPS) is 18.9. The Morgan fingerprint density at radius 2 is 2.43 bits per heavy atom. The van der Waals surface area contributed by atoms with Crippen molar-refractivity contribution in [3.05, 3.63) is 23.8 Å². The third kappa shape index (κ3) is 1.55. The molecule has 0 bridgehead atoms. The van der Waals surface area contributed by atoms with Crippen LogP contribution in [0.1, 0.15) is 18.4 Å². The summed E-state index contributed by atoms with van der Waals surface area (Å²) < 4.78 is 5.46. The fourth-order valence-corrected chi connectivity index (χ4v) is 1.85. The molecule has 0 saturated heterocycles. The summed E-state index contributed by atoms with van der Waals surface area (Å²) in [5.74, 6) is 1.37. The molecule has 0 saturated carbocycles. The zero-order valence-electron chi connectivity index (χ0n) is 8.42. The summed E-state index contributed by atoms with van der Waals surface area (Å²) in [5.41, 5.74) is 8.18. The second-order valence-corrected chi connectivity index (χ2v) is 3.50. The highest BCUT2D eigenvalue weighted by molar-refractivity contribution is 5.60.